The van der Waals surface area contributed by atoms with Gasteiger partial charge in [-0.25, -0.2) is 22.9 Å². The Kier molecular flexibility index (Phi) is 6.51. The summed E-state index contributed by atoms with van der Waals surface area (Å²) >= 11 is 1.31. The van der Waals surface area contributed by atoms with Crippen molar-refractivity contribution in [3.63, 3.8) is 0 Å². The van der Waals surface area contributed by atoms with E-state index < -0.39 is 30.8 Å². The molecule has 1 aromatic heterocycles. The number of hydrogen-bond acceptors (Lipinski definition) is 4. The molecule has 0 spiro atoms. The lowest BCUT2D eigenvalue weighted by Crippen LogP contribution is -2.42. The molecular formula is C16H15F3N2O3S. The van der Waals surface area contributed by atoms with Gasteiger partial charge < -0.3 is 10.4 Å². The maximum Gasteiger partial charge on any atom is 0.326 e. The molecule has 25 heavy (non-hydrogen) atoms. The minimum Gasteiger partial charge on any atom is -0.480 e. The average molecular weight is 372 g/mol. The van der Waals surface area contributed by atoms with E-state index >= 15 is 0 Å². The highest BCUT2D eigenvalue weighted by atomic mass is 32.1. The SMILES string of the molecule is O=C(Cc1csc(Cc2ccc(F)cc2)n1)NC(CC(F)F)C(=O)O. The normalized spacial score (nSPS) is 12.2. The van der Waals surface area contributed by atoms with Crippen LogP contribution in [-0.2, 0) is 22.4 Å². The van der Waals surface area contributed by atoms with E-state index in [4.69, 9.17) is 5.11 Å². The molecule has 0 fully saturated rings. The van der Waals surface area contributed by atoms with Gasteiger partial charge in [-0.1, -0.05) is 12.1 Å². The molecule has 2 N–H and O–H groups in total. The lowest BCUT2D eigenvalue weighted by molar-refractivity contribution is -0.142. The van der Waals surface area contributed by atoms with E-state index in [2.05, 4.69) is 10.3 Å². The third-order valence-corrected chi connectivity index (χ3v) is 4.15. The van der Waals surface area contributed by atoms with Crippen LogP contribution in [0.2, 0.25) is 0 Å². The summed E-state index contributed by atoms with van der Waals surface area (Å²) in [6.07, 6.45) is -3.51. The van der Waals surface area contributed by atoms with E-state index in [1.54, 1.807) is 17.5 Å². The van der Waals surface area contributed by atoms with Gasteiger partial charge in [-0.15, -0.1) is 11.3 Å². The van der Waals surface area contributed by atoms with E-state index in [1.165, 1.54) is 23.5 Å². The van der Waals surface area contributed by atoms with Crippen molar-refractivity contribution in [3.05, 3.63) is 51.7 Å². The molecule has 1 unspecified atom stereocenters. The molecule has 0 radical (unpaired) electrons. The second-order valence-corrected chi connectivity index (χ2v) is 6.24. The Morgan fingerprint density at radius 2 is 1.92 bits per heavy atom. The lowest BCUT2D eigenvalue weighted by atomic mass is 10.1. The Morgan fingerprint density at radius 3 is 2.52 bits per heavy atom. The largest absolute Gasteiger partial charge is 0.480 e. The molecule has 0 aliphatic carbocycles. The van der Waals surface area contributed by atoms with Gasteiger partial charge in [0.2, 0.25) is 12.3 Å². The molecule has 5 nitrogen and oxygen atoms in total. The summed E-state index contributed by atoms with van der Waals surface area (Å²) in [6, 6.07) is 4.30. The maximum absolute atomic E-state index is 12.9. The first-order valence-corrected chi connectivity index (χ1v) is 8.19. The Hall–Kier alpha value is -2.42. The van der Waals surface area contributed by atoms with Gasteiger partial charge in [-0.2, -0.15) is 0 Å². The van der Waals surface area contributed by atoms with E-state index in [-0.39, 0.29) is 12.2 Å². The van der Waals surface area contributed by atoms with Crippen LogP contribution in [0.4, 0.5) is 13.2 Å². The molecule has 9 heteroatoms. The van der Waals surface area contributed by atoms with E-state index in [9.17, 15) is 22.8 Å². The minimum absolute atomic E-state index is 0.201. The predicted octanol–water partition coefficient (Wildman–Crippen LogP) is 2.64. The van der Waals surface area contributed by atoms with Gasteiger partial charge in [-0.05, 0) is 17.7 Å². The second kappa shape index (κ2) is 8.61. The van der Waals surface area contributed by atoms with E-state index in [0.29, 0.717) is 17.1 Å². The number of carboxylic acid groups (broad SMARTS) is 1. The van der Waals surface area contributed by atoms with Gasteiger partial charge >= 0.3 is 5.97 Å². The summed E-state index contributed by atoms with van der Waals surface area (Å²) in [5.41, 5.74) is 1.27. The number of rotatable bonds is 8. The highest BCUT2D eigenvalue weighted by Crippen LogP contribution is 2.16. The Morgan fingerprint density at radius 1 is 1.24 bits per heavy atom. The highest BCUT2D eigenvalue weighted by molar-refractivity contribution is 7.09. The first kappa shape index (κ1) is 18.9. The summed E-state index contributed by atoms with van der Waals surface area (Å²) in [6.45, 7) is 0. The van der Waals surface area contributed by atoms with Gasteiger partial charge in [0.15, 0.2) is 0 Å². The molecular weight excluding hydrogens is 357 g/mol. The molecule has 0 aliphatic rings. The number of aliphatic carboxylic acids is 1. The molecule has 2 rings (SSSR count). The van der Waals surface area contributed by atoms with Crippen LogP contribution < -0.4 is 5.32 Å². The van der Waals surface area contributed by atoms with Crippen molar-refractivity contribution in [2.24, 2.45) is 0 Å². The third kappa shape index (κ3) is 6.18. The first-order valence-electron chi connectivity index (χ1n) is 7.31. The van der Waals surface area contributed by atoms with Crippen LogP contribution in [-0.4, -0.2) is 34.4 Å². The fourth-order valence-corrected chi connectivity index (χ4v) is 2.93. The van der Waals surface area contributed by atoms with Crippen molar-refractivity contribution in [1.29, 1.82) is 0 Å². The van der Waals surface area contributed by atoms with Crippen molar-refractivity contribution in [2.45, 2.75) is 31.7 Å². The molecule has 1 amide bonds. The molecule has 1 aromatic carbocycles. The predicted molar refractivity (Wildman–Crippen MR) is 85.2 cm³/mol. The van der Waals surface area contributed by atoms with Crippen molar-refractivity contribution < 1.29 is 27.9 Å². The standard InChI is InChI=1S/C16H15F3N2O3S/c17-10-3-1-9(2-4-10)5-15-20-11(8-25-15)6-14(22)21-12(16(23)24)7-13(18)19/h1-4,8,12-13H,5-7H2,(H,21,22)(H,23,24). The summed E-state index contributed by atoms with van der Waals surface area (Å²) in [5, 5.41) is 13.2. The Bertz CT molecular complexity index is 734. The second-order valence-electron chi connectivity index (χ2n) is 5.30. The molecule has 0 aliphatic heterocycles. The van der Waals surface area contributed by atoms with E-state index in [1.807, 2.05) is 0 Å². The van der Waals surface area contributed by atoms with Crippen LogP contribution >= 0.6 is 11.3 Å². The number of hydrogen-bond donors (Lipinski definition) is 2. The molecule has 0 saturated heterocycles. The van der Waals surface area contributed by atoms with E-state index in [0.717, 1.165) is 5.56 Å². The number of halogens is 3. The monoisotopic (exact) mass is 372 g/mol. The van der Waals surface area contributed by atoms with Crippen molar-refractivity contribution in [1.82, 2.24) is 10.3 Å². The number of carboxylic acids is 1. The van der Waals surface area contributed by atoms with Gasteiger partial charge in [0.05, 0.1) is 17.1 Å². The summed E-state index contributed by atoms with van der Waals surface area (Å²) in [7, 11) is 0. The number of carbonyl (C=O) groups excluding carboxylic acids is 1. The Labute approximate surface area is 145 Å². The number of aromatic nitrogens is 1. The zero-order chi connectivity index (χ0) is 18.4. The molecule has 134 valence electrons. The number of carbonyl (C=O) groups is 2. The Balaban J connectivity index is 1.92. The molecule has 1 atom stereocenters. The van der Waals surface area contributed by atoms with Gasteiger partial charge in [-0.3, -0.25) is 4.79 Å². The van der Waals surface area contributed by atoms with Gasteiger partial charge in [0, 0.05) is 18.2 Å². The van der Waals surface area contributed by atoms with Crippen LogP contribution in [0.1, 0.15) is 22.7 Å². The molecule has 1 heterocycles. The zero-order valence-electron chi connectivity index (χ0n) is 12.9. The number of benzene rings is 1. The summed E-state index contributed by atoms with van der Waals surface area (Å²) in [5.74, 6) is -2.53. The van der Waals surface area contributed by atoms with Crippen molar-refractivity contribution >= 4 is 23.2 Å². The lowest BCUT2D eigenvalue weighted by Gasteiger charge is -2.13. The third-order valence-electron chi connectivity index (χ3n) is 3.26. The molecule has 2 aromatic rings. The fraction of sp³-hybridized carbons (Fsp3) is 0.312. The topological polar surface area (TPSA) is 79.3 Å². The van der Waals surface area contributed by atoms with Gasteiger partial charge in [0.1, 0.15) is 11.9 Å². The number of thiazole rings is 1. The van der Waals surface area contributed by atoms with Crippen LogP contribution in [0.3, 0.4) is 0 Å². The number of amides is 1. The number of nitrogens with one attached hydrogen (secondary N) is 1. The van der Waals surface area contributed by atoms with Crippen LogP contribution in [0.15, 0.2) is 29.6 Å². The summed E-state index contributed by atoms with van der Waals surface area (Å²) in [4.78, 5) is 26.9. The molecule has 0 bridgehead atoms. The highest BCUT2D eigenvalue weighted by Gasteiger charge is 2.24. The maximum atomic E-state index is 12.9. The fourth-order valence-electron chi connectivity index (χ4n) is 2.10. The van der Waals surface area contributed by atoms with Crippen LogP contribution in [0.5, 0.6) is 0 Å². The van der Waals surface area contributed by atoms with Crippen molar-refractivity contribution in [2.75, 3.05) is 0 Å². The zero-order valence-corrected chi connectivity index (χ0v) is 13.7. The van der Waals surface area contributed by atoms with Crippen LogP contribution in [0.25, 0.3) is 0 Å². The van der Waals surface area contributed by atoms with Gasteiger partial charge in [0.25, 0.3) is 0 Å². The first-order chi connectivity index (χ1) is 11.8. The quantitative estimate of drug-likeness (QED) is 0.747. The molecule has 0 saturated carbocycles. The van der Waals surface area contributed by atoms with Crippen LogP contribution in [0, 0.1) is 5.82 Å². The summed E-state index contributed by atoms with van der Waals surface area (Å²) < 4.78 is 37.5. The minimum atomic E-state index is -2.83. The number of alkyl halides is 2. The van der Waals surface area contributed by atoms with Crippen molar-refractivity contribution in [3.8, 4) is 0 Å². The average Bonchev–Trinajstić information content (AvgIpc) is 2.95. The smallest absolute Gasteiger partial charge is 0.326 e. The number of nitrogens with zero attached hydrogens (tertiary/aromatic N) is 1.